The number of alkyl halides is 1. The van der Waals surface area contributed by atoms with Crippen molar-refractivity contribution in [2.45, 2.75) is 25.0 Å². The lowest BCUT2D eigenvalue weighted by Gasteiger charge is -2.06. The minimum absolute atomic E-state index is 0.0190. The second-order valence-corrected chi connectivity index (χ2v) is 5.48. The molecule has 0 amide bonds. The van der Waals surface area contributed by atoms with E-state index in [1.54, 1.807) is 6.92 Å². The predicted molar refractivity (Wildman–Crippen MR) is 56.6 cm³/mol. The summed E-state index contributed by atoms with van der Waals surface area (Å²) in [6, 6.07) is 0. The van der Waals surface area contributed by atoms with Crippen molar-refractivity contribution >= 4 is 19.7 Å². The highest BCUT2D eigenvalue weighted by Gasteiger charge is 2.20. The van der Waals surface area contributed by atoms with E-state index in [4.69, 9.17) is 15.4 Å². The number of aromatic nitrogens is 2. The topological polar surface area (TPSA) is 61.2 Å². The van der Waals surface area contributed by atoms with Crippen LogP contribution in [0, 0.1) is 0 Å². The van der Waals surface area contributed by atoms with E-state index in [1.807, 2.05) is 0 Å². The number of ether oxygens (including phenoxy) is 1. The molecule has 16 heavy (non-hydrogen) atoms. The Hall–Kier alpha value is -0.660. The van der Waals surface area contributed by atoms with Crippen LogP contribution in [0.25, 0.3) is 0 Å². The molecule has 0 aliphatic heterocycles. The van der Waals surface area contributed by atoms with E-state index < -0.39 is 15.7 Å². The molecule has 5 nitrogen and oxygen atoms in total. The van der Waals surface area contributed by atoms with Crippen LogP contribution >= 0.6 is 10.7 Å². The lowest BCUT2D eigenvalue weighted by Crippen LogP contribution is -2.10. The highest BCUT2D eigenvalue weighted by molar-refractivity contribution is 8.13. The Labute approximate surface area is 97.6 Å². The predicted octanol–water partition coefficient (Wildman–Crippen LogP) is 1.32. The van der Waals surface area contributed by atoms with Gasteiger partial charge >= 0.3 is 0 Å². The van der Waals surface area contributed by atoms with Crippen LogP contribution in [0.2, 0.25) is 0 Å². The van der Waals surface area contributed by atoms with Crippen LogP contribution in [0.1, 0.15) is 12.6 Å². The molecule has 1 heterocycles. The van der Waals surface area contributed by atoms with Crippen LogP contribution in [0.4, 0.5) is 4.39 Å². The molecular weight excluding hydrogens is 259 g/mol. The molecule has 0 aromatic carbocycles. The lowest BCUT2D eigenvalue weighted by molar-refractivity contribution is 0.125. The quantitative estimate of drug-likeness (QED) is 0.732. The summed E-state index contributed by atoms with van der Waals surface area (Å²) >= 11 is 0. The third-order valence-corrected chi connectivity index (χ3v) is 3.28. The van der Waals surface area contributed by atoms with Crippen LogP contribution in [0.5, 0.6) is 0 Å². The standard InChI is InChI=1S/C8H12ClFN2O3S/c1-2-15-6-7-8(16(9,13)14)5-11-12(7)4-3-10/h5H,2-4,6H2,1H3. The summed E-state index contributed by atoms with van der Waals surface area (Å²) in [7, 11) is 1.35. The number of nitrogens with zero attached hydrogens (tertiary/aromatic N) is 2. The maximum atomic E-state index is 12.2. The van der Waals surface area contributed by atoms with Gasteiger partial charge in [-0.2, -0.15) is 5.10 Å². The number of halogens is 2. The van der Waals surface area contributed by atoms with Gasteiger partial charge in [-0.05, 0) is 6.92 Å². The fourth-order valence-corrected chi connectivity index (χ4v) is 2.22. The zero-order valence-electron chi connectivity index (χ0n) is 8.69. The van der Waals surface area contributed by atoms with Gasteiger partial charge in [0.25, 0.3) is 9.05 Å². The van der Waals surface area contributed by atoms with E-state index in [1.165, 1.54) is 4.68 Å². The van der Waals surface area contributed by atoms with Gasteiger partial charge in [-0.1, -0.05) is 0 Å². The van der Waals surface area contributed by atoms with Crippen LogP contribution in [0.3, 0.4) is 0 Å². The van der Waals surface area contributed by atoms with Crippen molar-refractivity contribution in [3.63, 3.8) is 0 Å². The van der Waals surface area contributed by atoms with Crippen molar-refractivity contribution in [2.75, 3.05) is 13.3 Å². The van der Waals surface area contributed by atoms with Gasteiger partial charge in [0.05, 0.1) is 25.0 Å². The maximum Gasteiger partial charge on any atom is 0.264 e. The maximum absolute atomic E-state index is 12.2. The number of aryl methyl sites for hydroxylation is 1. The number of rotatable bonds is 6. The van der Waals surface area contributed by atoms with Crippen molar-refractivity contribution in [1.29, 1.82) is 0 Å². The van der Waals surface area contributed by atoms with Crippen LogP contribution in [0.15, 0.2) is 11.1 Å². The zero-order chi connectivity index (χ0) is 12.2. The summed E-state index contributed by atoms with van der Waals surface area (Å²) in [5.74, 6) is 0. The van der Waals surface area contributed by atoms with E-state index in [0.29, 0.717) is 6.61 Å². The molecule has 1 rings (SSSR count). The number of hydrogen-bond donors (Lipinski definition) is 0. The molecule has 0 unspecified atom stereocenters. The van der Waals surface area contributed by atoms with Crippen molar-refractivity contribution in [3.8, 4) is 0 Å². The van der Waals surface area contributed by atoms with E-state index in [0.717, 1.165) is 6.20 Å². The van der Waals surface area contributed by atoms with Gasteiger partial charge in [0.1, 0.15) is 11.6 Å². The molecule has 8 heteroatoms. The molecule has 92 valence electrons. The second-order valence-electron chi connectivity index (χ2n) is 2.94. The summed E-state index contributed by atoms with van der Waals surface area (Å²) in [5.41, 5.74) is 0.273. The molecule has 0 aliphatic carbocycles. The van der Waals surface area contributed by atoms with Gasteiger partial charge in [-0.3, -0.25) is 4.68 Å². The van der Waals surface area contributed by atoms with Crippen molar-refractivity contribution in [3.05, 3.63) is 11.9 Å². The summed E-state index contributed by atoms with van der Waals surface area (Å²) in [5, 5.41) is 3.76. The molecule has 0 spiro atoms. The first kappa shape index (κ1) is 13.4. The molecule has 0 atom stereocenters. The van der Waals surface area contributed by atoms with Crippen LogP contribution in [-0.4, -0.2) is 31.5 Å². The summed E-state index contributed by atoms with van der Waals surface area (Å²) in [6.07, 6.45) is 1.10. The molecule has 0 fully saturated rings. The fraction of sp³-hybridized carbons (Fsp3) is 0.625. The van der Waals surface area contributed by atoms with Gasteiger partial charge < -0.3 is 4.74 Å². The minimum atomic E-state index is -3.87. The second kappa shape index (κ2) is 5.60. The molecule has 0 radical (unpaired) electrons. The highest BCUT2D eigenvalue weighted by atomic mass is 35.7. The Morgan fingerprint density at radius 2 is 2.31 bits per heavy atom. The van der Waals surface area contributed by atoms with E-state index >= 15 is 0 Å². The molecule has 0 saturated carbocycles. The van der Waals surface area contributed by atoms with Gasteiger partial charge in [-0.15, -0.1) is 0 Å². The highest BCUT2D eigenvalue weighted by Crippen LogP contribution is 2.20. The first-order valence-electron chi connectivity index (χ1n) is 4.63. The Bertz CT molecular complexity index is 446. The largest absolute Gasteiger partial charge is 0.375 e. The van der Waals surface area contributed by atoms with Gasteiger partial charge in [0.2, 0.25) is 0 Å². The average molecular weight is 271 g/mol. The summed E-state index contributed by atoms with van der Waals surface area (Å²) < 4.78 is 40.9. The Kier molecular flexibility index (Phi) is 4.69. The van der Waals surface area contributed by atoms with Crippen molar-refractivity contribution < 1.29 is 17.5 Å². The third kappa shape index (κ3) is 3.16. The molecule has 0 aliphatic rings. The molecule has 0 bridgehead atoms. The fourth-order valence-electron chi connectivity index (χ4n) is 1.21. The van der Waals surface area contributed by atoms with Crippen LogP contribution < -0.4 is 0 Å². The minimum Gasteiger partial charge on any atom is -0.375 e. The first-order valence-corrected chi connectivity index (χ1v) is 6.94. The molecule has 1 aromatic rings. The van der Waals surface area contributed by atoms with Crippen LogP contribution in [-0.2, 0) is 26.9 Å². The SMILES string of the molecule is CCOCc1c(S(=O)(=O)Cl)cnn1CCF. The molecule has 1 aromatic heterocycles. The third-order valence-electron chi connectivity index (χ3n) is 1.91. The summed E-state index contributed by atoms with van der Waals surface area (Å²) in [4.78, 5) is -0.129. The molecule has 0 saturated heterocycles. The number of hydrogen-bond acceptors (Lipinski definition) is 4. The van der Waals surface area contributed by atoms with E-state index in [9.17, 15) is 12.8 Å². The zero-order valence-corrected chi connectivity index (χ0v) is 10.3. The molecule has 0 N–H and O–H groups in total. The van der Waals surface area contributed by atoms with E-state index in [-0.39, 0.29) is 23.7 Å². The van der Waals surface area contributed by atoms with Crippen molar-refractivity contribution in [1.82, 2.24) is 9.78 Å². The van der Waals surface area contributed by atoms with Crippen molar-refractivity contribution in [2.24, 2.45) is 0 Å². The van der Waals surface area contributed by atoms with Gasteiger partial charge in [-0.25, -0.2) is 12.8 Å². The van der Waals surface area contributed by atoms with E-state index in [2.05, 4.69) is 5.10 Å². The van der Waals surface area contributed by atoms with Gasteiger partial charge in [0, 0.05) is 17.3 Å². The normalized spacial score (nSPS) is 11.9. The Morgan fingerprint density at radius 3 is 2.81 bits per heavy atom. The smallest absolute Gasteiger partial charge is 0.264 e. The Morgan fingerprint density at radius 1 is 1.62 bits per heavy atom. The summed E-state index contributed by atoms with van der Waals surface area (Å²) in [6.45, 7) is 1.57. The average Bonchev–Trinajstić information content (AvgIpc) is 2.58. The first-order chi connectivity index (χ1) is 7.50. The Balaban J connectivity index is 3.09. The monoisotopic (exact) mass is 270 g/mol. The lowest BCUT2D eigenvalue weighted by atomic mass is 10.4. The molecular formula is C8H12ClFN2O3S. The van der Waals surface area contributed by atoms with Gasteiger partial charge in [0.15, 0.2) is 0 Å².